The van der Waals surface area contributed by atoms with Gasteiger partial charge in [0.2, 0.25) is 5.01 Å². The molecule has 6 nitrogen and oxygen atoms in total. The second-order valence-corrected chi connectivity index (χ2v) is 5.02. The summed E-state index contributed by atoms with van der Waals surface area (Å²) in [4.78, 5) is 26.6. The zero-order valence-corrected chi connectivity index (χ0v) is 10.8. The van der Waals surface area contributed by atoms with E-state index in [1.165, 1.54) is 4.57 Å². The van der Waals surface area contributed by atoms with Gasteiger partial charge in [0.15, 0.2) is 0 Å². The third kappa shape index (κ3) is 2.35. The molecule has 0 saturated heterocycles. The van der Waals surface area contributed by atoms with Crippen LogP contribution in [-0.2, 0) is 6.54 Å². The minimum atomic E-state index is -1.04. The monoisotopic (exact) mass is 267 g/mol. The van der Waals surface area contributed by atoms with E-state index in [0.29, 0.717) is 12.2 Å². The van der Waals surface area contributed by atoms with Crippen LogP contribution in [0.4, 0.5) is 0 Å². The molecule has 0 aromatic carbocycles. The summed E-state index contributed by atoms with van der Waals surface area (Å²) in [5.74, 6) is -1.04. The van der Waals surface area contributed by atoms with Crippen LogP contribution in [0.2, 0.25) is 0 Å². The van der Waals surface area contributed by atoms with Gasteiger partial charge in [-0.05, 0) is 13.8 Å². The predicted octanol–water partition coefficient (Wildman–Crippen LogP) is 1.43. The summed E-state index contributed by atoms with van der Waals surface area (Å²) in [5, 5.41) is 10.5. The number of aromatic carboxylic acids is 1. The number of carboxylic acids is 1. The van der Waals surface area contributed by atoms with Gasteiger partial charge in [0.1, 0.15) is 0 Å². The maximum atomic E-state index is 11.9. The minimum Gasteiger partial charge on any atom is -0.476 e. The fourth-order valence-corrected chi connectivity index (χ4v) is 2.24. The van der Waals surface area contributed by atoms with Crippen LogP contribution >= 0.6 is 11.3 Å². The van der Waals surface area contributed by atoms with Crippen LogP contribution in [0.15, 0.2) is 22.6 Å². The highest BCUT2D eigenvalue weighted by atomic mass is 32.1. The lowest BCUT2D eigenvalue weighted by Gasteiger charge is -2.04. The quantitative estimate of drug-likeness (QED) is 0.909. The molecule has 7 heteroatoms. The van der Waals surface area contributed by atoms with Gasteiger partial charge in [-0.15, -0.1) is 11.3 Å². The summed E-state index contributed by atoms with van der Waals surface area (Å²) in [6, 6.07) is 0.101. The van der Waals surface area contributed by atoms with E-state index in [9.17, 15) is 9.59 Å². The number of thiazole rings is 1. The van der Waals surface area contributed by atoms with Crippen LogP contribution in [0.3, 0.4) is 0 Å². The molecule has 0 aliphatic carbocycles. The molecule has 0 radical (unpaired) electrons. The van der Waals surface area contributed by atoms with E-state index < -0.39 is 5.97 Å². The first-order valence-corrected chi connectivity index (χ1v) is 6.32. The fraction of sp³-hybridized carbons (Fsp3) is 0.364. The molecule has 0 bridgehead atoms. The number of nitrogens with zero attached hydrogens (tertiary/aromatic N) is 3. The highest BCUT2D eigenvalue weighted by Gasteiger charge is 2.11. The van der Waals surface area contributed by atoms with Gasteiger partial charge in [-0.3, -0.25) is 9.13 Å². The number of aromatic nitrogens is 3. The minimum absolute atomic E-state index is 0.0429. The molecule has 0 saturated carbocycles. The molecule has 96 valence electrons. The summed E-state index contributed by atoms with van der Waals surface area (Å²) in [6.45, 7) is 4.15. The molecule has 0 aliphatic heterocycles. The predicted molar refractivity (Wildman–Crippen MR) is 67.3 cm³/mol. The number of hydrogen-bond donors (Lipinski definition) is 1. The molecule has 0 fully saturated rings. The van der Waals surface area contributed by atoms with Crippen molar-refractivity contribution >= 4 is 17.3 Å². The number of carboxylic acid groups (broad SMARTS) is 1. The Bertz CT molecular complexity index is 624. The Balaban J connectivity index is 2.23. The van der Waals surface area contributed by atoms with E-state index in [2.05, 4.69) is 4.98 Å². The number of rotatable bonds is 4. The topological polar surface area (TPSA) is 77.1 Å². The molecule has 0 amide bonds. The third-order valence-corrected chi connectivity index (χ3v) is 3.38. The van der Waals surface area contributed by atoms with Crippen LogP contribution in [0.1, 0.15) is 35.4 Å². The van der Waals surface area contributed by atoms with Gasteiger partial charge in [-0.25, -0.2) is 14.6 Å². The second kappa shape index (κ2) is 4.77. The lowest BCUT2D eigenvalue weighted by Crippen LogP contribution is -2.25. The molecule has 0 atom stereocenters. The van der Waals surface area contributed by atoms with Crippen LogP contribution in [-0.4, -0.2) is 25.2 Å². The van der Waals surface area contributed by atoms with Gasteiger partial charge < -0.3 is 5.11 Å². The molecule has 2 rings (SSSR count). The maximum Gasteiger partial charge on any atom is 0.365 e. The zero-order chi connectivity index (χ0) is 13.3. The van der Waals surface area contributed by atoms with E-state index in [1.54, 1.807) is 22.3 Å². The summed E-state index contributed by atoms with van der Waals surface area (Å²) in [6.07, 6.45) is 3.40. The van der Waals surface area contributed by atoms with Crippen molar-refractivity contribution in [3.05, 3.63) is 39.0 Å². The Morgan fingerprint density at radius 2 is 2.22 bits per heavy atom. The molecule has 2 heterocycles. The molecule has 0 unspecified atom stereocenters. The van der Waals surface area contributed by atoms with Crippen LogP contribution < -0.4 is 5.69 Å². The Morgan fingerprint density at radius 1 is 1.50 bits per heavy atom. The summed E-state index contributed by atoms with van der Waals surface area (Å²) in [7, 11) is 0. The molecule has 1 N–H and O–H groups in total. The third-order valence-electron chi connectivity index (χ3n) is 2.50. The smallest absolute Gasteiger partial charge is 0.365 e. The summed E-state index contributed by atoms with van der Waals surface area (Å²) < 4.78 is 3.13. The molecule has 0 spiro atoms. The standard InChI is InChI=1S/C11H13N3O3S/c1-7(2)14-4-3-13(11(14)17)5-8-6-18-9(12-8)10(15)16/h3-4,6-7H,5H2,1-2H3,(H,15,16). The SMILES string of the molecule is CC(C)n1ccn(Cc2csc(C(=O)O)n2)c1=O. The van der Waals surface area contributed by atoms with Crippen molar-refractivity contribution in [2.45, 2.75) is 26.4 Å². The first kappa shape index (κ1) is 12.6. The van der Waals surface area contributed by atoms with E-state index in [0.717, 1.165) is 11.3 Å². The Kier molecular flexibility index (Phi) is 3.33. The lowest BCUT2D eigenvalue weighted by molar-refractivity contribution is 0.0696. The molecule has 2 aromatic heterocycles. The Hall–Kier alpha value is -1.89. The van der Waals surface area contributed by atoms with Gasteiger partial charge in [0.05, 0.1) is 12.2 Å². The molecular formula is C11H13N3O3S. The van der Waals surface area contributed by atoms with E-state index in [-0.39, 0.29) is 16.7 Å². The van der Waals surface area contributed by atoms with Gasteiger partial charge in [-0.1, -0.05) is 0 Å². The normalized spacial score (nSPS) is 11.1. The van der Waals surface area contributed by atoms with Crippen molar-refractivity contribution < 1.29 is 9.90 Å². The number of hydrogen-bond acceptors (Lipinski definition) is 4. The van der Waals surface area contributed by atoms with Gasteiger partial charge in [-0.2, -0.15) is 0 Å². The van der Waals surface area contributed by atoms with Crippen molar-refractivity contribution in [1.29, 1.82) is 0 Å². The maximum absolute atomic E-state index is 11.9. The van der Waals surface area contributed by atoms with Crippen LogP contribution in [0.25, 0.3) is 0 Å². The number of imidazole rings is 1. The zero-order valence-electron chi connectivity index (χ0n) is 10.0. The van der Waals surface area contributed by atoms with E-state index in [4.69, 9.17) is 5.11 Å². The van der Waals surface area contributed by atoms with Crippen LogP contribution in [0.5, 0.6) is 0 Å². The summed E-state index contributed by atoms with van der Waals surface area (Å²) >= 11 is 1.06. The summed E-state index contributed by atoms with van der Waals surface area (Å²) in [5.41, 5.74) is 0.468. The Labute approximate surface area is 107 Å². The first-order chi connectivity index (χ1) is 8.49. The van der Waals surface area contributed by atoms with Crippen molar-refractivity contribution in [3.63, 3.8) is 0 Å². The first-order valence-electron chi connectivity index (χ1n) is 5.44. The average Bonchev–Trinajstić information content (AvgIpc) is 2.87. The lowest BCUT2D eigenvalue weighted by atomic mass is 10.4. The molecule has 2 aromatic rings. The highest BCUT2D eigenvalue weighted by molar-refractivity contribution is 7.11. The van der Waals surface area contributed by atoms with Crippen LogP contribution in [0, 0.1) is 0 Å². The molecular weight excluding hydrogens is 254 g/mol. The fourth-order valence-electron chi connectivity index (χ4n) is 1.59. The highest BCUT2D eigenvalue weighted by Crippen LogP contribution is 2.10. The Morgan fingerprint density at radius 3 is 2.72 bits per heavy atom. The largest absolute Gasteiger partial charge is 0.476 e. The van der Waals surface area contributed by atoms with E-state index >= 15 is 0 Å². The van der Waals surface area contributed by atoms with Crippen molar-refractivity contribution in [2.75, 3.05) is 0 Å². The van der Waals surface area contributed by atoms with Gasteiger partial charge >= 0.3 is 11.7 Å². The van der Waals surface area contributed by atoms with Crippen molar-refractivity contribution in [1.82, 2.24) is 14.1 Å². The molecule has 18 heavy (non-hydrogen) atoms. The second-order valence-electron chi connectivity index (χ2n) is 4.16. The van der Waals surface area contributed by atoms with Gasteiger partial charge in [0, 0.05) is 23.8 Å². The van der Waals surface area contributed by atoms with E-state index in [1.807, 2.05) is 13.8 Å². The van der Waals surface area contributed by atoms with Crippen molar-refractivity contribution in [2.24, 2.45) is 0 Å². The number of carbonyl (C=O) groups is 1. The molecule has 0 aliphatic rings. The average molecular weight is 267 g/mol. The van der Waals surface area contributed by atoms with Gasteiger partial charge in [0.25, 0.3) is 0 Å². The van der Waals surface area contributed by atoms with Crippen molar-refractivity contribution in [3.8, 4) is 0 Å².